The third kappa shape index (κ3) is 4.63. The molecule has 12 heteroatoms. The van der Waals surface area contributed by atoms with Gasteiger partial charge in [-0.25, -0.2) is 9.97 Å². The van der Waals surface area contributed by atoms with Gasteiger partial charge in [0, 0.05) is 17.0 Å². The molecule has 1 saturated heterocycles. The first-order chi connectivity index (χ1) is 16.4. The number of hydrogen-bond acceptors (Lipinski definition) is 8. The summed E-state index contributed by atoms with van der Waals surface area (Å²) in [6.07, 6.45) is 3.92. The molecule has 2 atom stereocenters. The van der Waals surface area contributed by atoms with Gasteiger partial charge in [0.15, 0.2) is 5.65 Å². The number of ether oxygens (including phenoxy) is 1. The SMILES string of the molecule is NC(=O)C1CCC(n2c(Nc3ccc(Cl)cc3Cl)nc3cnc(N[C@H]4COC[C@@H]4O)nc32)CC1. The quantitative estimate of drug-likeness (QED) is 0.400. The smallest absolute Gasteiger partial charge is 0.225 e. The second kappa shape index (κ2) is 9.53. The highest BCUT2D eigenvalue weighted by Crippen LogP contribution is 2.38. The first-order valence-electron chi connectivity index (χ1n) is 11.2. The van der Waals surface area contributed by atoms with Crippen molar-refractivity contribution in [1.29, 1.82) is 0 Å². The fourth-order valence-electron chi connectivity index (χ4n) is 4.57. The topological polar surface area (TPSA) is 140 Å². The number of aromatic nitrogens is 4. The van der Waals surface area contributed by atoms with Gasteiger partial charge in [-0.2, -0.15) is 4.98 Å². The Morgan fingerprint density at radius 2 is 1.97 bits per heavy atom. The van der Waals surface area contributed by atoms with Crippen molar-refractivity contribution in [2.24, 2.45) is 11.7 Å². The van der Waals surface area contributed by atoms with E-state index in [1.54, 1.807) is 24.4 Å². The van der Waals surface area contributed by atoms with E-state index in [1.165, 1.54) is 0 Å². The Labute approximate surface area is 205 Å². The molecule has 10 nitrogen and oxygen atoms in total. The average Bonchev–Trinajstić information content (AvgIpc) is 3.38. The zero-order valence-corrected chi connectivity index (χ0v) is 19.8. The van der Waals surface area contributed by atoms with Crippen LogP contribution >= 0.6 is 23.2 Å². The molecule has 0 radical (unpaired) electrons. The number of primary amides is 1. The summed E-state index contributed by atoms with van der Waals surface area (Å²) < 4.78 is 7.35. The van der Waals surface area contributed by atoms with Gasteiger partial charge in [0.1, 0.15) is 5.52 Å². The number of aliphatic hydroxyl groups excluding tert-OH is 1. The Morgan fingerprint density at radius 3 is 2.65 bits per heavy atom. The lowest BCUT2D eigenvalue weighted by atomic mass is 9.85. The Kier molecular flexibility index (Phi) is 6.48. The van der Waals surface area contributed by atoms with Crippen LogP contribution in [0.2, 0.25) is 10.0 Å². The van der Waals surface area contributed by atoms with Crippen LogP contribution in [-0.4, -0.2) is 55.9 Å². The highest BCUT2D eigenvalue weighted by atomic mass is 35.5. The molecule has 1 amide bonds. The lowest BCUT2D eigenvalue weighted by Crippen LogP contribution is -2.32. The van der Waals surface area contributed by atoms with Crippen LogP contribution in [0.25, 0.3) is 11.2 Å². The number of anilines is 3. The van der Waals surface area contributed by atoms with Gasteiger partial charge in [0.2, 0.25) is 17.8 Å². The summed E-state index contributed by atoms with van der Waals surface area (Å²) >= 11 is 12.4. The van der Waals surface area contributed by atoms with Crippen LogP contribution in [-0.2, 0) is 9.53 Å². The molecule has 1 aliphatic heterocycles. The molecule has 2 aromatic heterocycles. The maximum Gasteiger partial charge on any atom is 0.225 e. The Morgan fingerprint density at radius 1 is 1.18 bits per heavy atom. The molecule has 3 heterocycles. The van der Waals surface area contributed by atoms with Crippen LogP contribution in [0.3, 0.4) is 0 Å². The van der Waals surface area contributed by atoms with E-state index in [4.69, 9.17) is 43.6 Å². The van der Waals surface area contributed by atoms with Crippen molar-refractivity contribution in [3.05, 3.63) is 34.4 Å². The van der Waals surface area contributed by atoms with Crippen LogP contribution in [0.5, 0.6) is 0 Å². The van der Waals surface area contributed by atoms with Crippen molar-refractivity contribution < 1.29 is 14.6 Å². The maximum absolute atomic E-state index is 11.7. The average molecular weight is 506 g/mol. The number of halogens is 2. The molecule has 0 bridgehead atoms. The van der Waals surface area contributed by atoms with Crippen LogP contribution in [0.15, 0.2) is 24.4 Å². The molecule has 1 saturated carbocycles. The van der Waals surface area contributed by atoms with Crippen LogP contribution in [0.4, 0.5) is 17.6 Å². The number of carbonyl (C=O) groups excluding carboxylic acids is 1. The largest absolute Gasteiger partial charge is 0.388 e. The molecule has 5 rings (SSSR count). The molecule has 0 spiro atoms. The summed E-state index contributed by atoms with van der Waals surface area (Å²) in [5, 5.41) is 17.5. The predicted molar refractivity (Wildman–Crippen MR) is 129 cm³/mol. The molecule has 1 aromatic carbocycles. The van der Waals surface area contributed by atoms with Gasteiger partial charge >= 0.3 is 0 Å². The number of hydrogen-bond donors (Lipinski definition) is 4. The van der Waals surface area contributed by atoms with Crippen LogP contribution < -0.4 is 16.4 Å². The van der Waals surface area contributed by atoms with Crippen molar-refractivity contribution in [2.75, 3.05) is 23.8 Å². The Bertz CT molecular complexity index is 1210. The van der Waals surface area contributed by atoms with E-state index in [0.717, 1.165) is 12.8 Å². The van der Waals surface area contributed by atoms with Gasteiger partial charge in [0.25, 0.3) is 0 Å². The third-order valence-corrected chi connectivity index (χ3v) is 6.99. The summed E-state index contributed by atoms with van der Waals surface area (Å²) in [5.74, 6) is 0.567. The number of amides is 1. The summed E-state index contributed by atoms with van der Waals surface area (Å²) in [6, 6.07) is 4.96. The molecular formula is C22H25Cl2N7O3. The van der Waals surface area contributed by atoms with Crippen LogP contribution in [0, 0.1) is 5.92 Å². The number of benzene rings is 1. The number of nitrogens with two attached hydrogens (primary N) is 1. The van der Waals surface area contributed by atoms with E-state index in [9.17, 15) is 9.90 Å². The molecule has 180 valence electrons. The lowest BCUT2D eigenvalue weighted by Gasteiger charge is -2.29. The molecule has 2 fully saturated rings. The molecule has 0 unspecified atom stereocenters. The molecule has 34 heavy (non-hydrogen) atoms. The molecule has 1 aliphatic carbocycles. The maximum atomic E-state index is 11.7. The number of imidazole rings is 1. The van der Waals surface area contributed by atoms with E-state index in [0.29, 0.717) is 58.2 Å². The first-order valence-corrected chi connectivity index (χ1v) is 11.9. The van der Waals surface area contributed by atoms with Crippen molar-refractivity contribution in [2.45, 2.75) is 43.9 Å². The Balaban J connectivity index is 1.51. The zero-order valence-electron chi connectivity index (χ0n) is 18.2. The highest BCUT2D eigenvalue weighted by Gasteiger charge is 2.30. The van der Waals surface area contributed by atoms with E-state index in [2.05, 4.69) is 15.6 Å². The second-order valence-corrected chi connectivity index (χ2v) is 9.56. The molecule has 3 aromatic rings. The summed E-state index contributed by atoms with van der Waals surface area (Å²) in [7, 11) is 0. The number of nitrogens with one attached hydrogen (secondary N) is 2. The van der Waals surface area contributed by atoms with Crippen molar-refractivity contribution >= 4 is 57.9 Å². The highest BCUT2D eigenvalue weighted by molar-refractivity contribution is 6.36. The number of carbonyl (C=O) groups is 1. The van der Waals surface area contributed by atoms with E-state index in [1.807, 2.05) is 4.57 Å². The minimum absolute atomic E-state index is 0.0531. The third-order valence-electron chi connectivity index (χ3n) is 6.44. The standard InChI is InChI=1S/C22H25Cl2N7O3/c23-12-3-6-15(14(24)7-12)28-22-29-16-8-26-21(27-17-9-34-10-18(17)32)30-20(16)31(22)13-4-1-11(2-5-13)19(25)33/h3,6-8,11,13,17-18,32H,1-2,4-5,9-10H2,(H2,25,33)(H,28,29)(H,26,27,30)/t11?,13?,17-,18-/m0/s1. The number of nitrogens with zero attached hydrogens (tertiary/aromatic N) is 4. The van der Waals surface area contributed by atoms with Crippen molar-refractivity contribution in [3.63, 3.8) is 0 Å². The monoisotopic (exact) mass is 505 g/mol. The van der Waals surface area contributed by atoms with Gasteiger partial charge < -0.3 is 26.2 Å². The fraction of sp³-hybridized carbons (Fsp3) is 0.455. The lowest BCUT2D eigenvalue weighted by molar-refractivity contribution is -0.122. The zero-order chi connectivity index (χ0) is 23.8. The van der Waals surface area contributed by atoms with E-state index in [-0.39, 0.29) is 30.5 Å². The minimum atomic E-state index is -0.627. The van der Waals surface area contributed by atoms with Gasteiger partial charge in [-0.3, -0.25) is 9.36 Å². The van der Waals surface area contributed by atoms with Crippen LogP contribution in [0.1, 0.15) is 31.7 Å². The molecular weight excluding hydrogens is 481 g/mol. The second-order valence-electron chi connectivity index (χ2n) is 8.72. The van der Waals surface area contributed by atoms with Gasteiger partial charge in [-0.05, 0) is 43.9 Å². The predicted octanol–water partition coefficient (Wildman–Crippen LogP) is 3.26. The van der Waals surface area contributed by atoms with Gasteiger partial charge in [-0.15, -0.1) is 0 Å². The molecule has 2 aliphatic rings. The molecule has 5 N–H and O–H groups in total. The summed E-state index contributed by atoms with van der Waals surface area (Å²) in [4.78, 5) is 25.5. The minimum Gasteiger partial charge on any atom is -0.388 e. The fourth-order valence-corrected chi connectivity index (χ4v) is 5.03. The number of aliphatic hydroxyl groups is 1. The van der Waals surface area contributed by atoms with Gasteiger partial charge in [0.05, 0.1) is 42.3 Å². The van der Waals surface area contributed by atoms with Gasteiger partial charge in [-0.1, -0.05) is 23.2 Å². The van der Waals surface area contributed by atoms with Crippen molar-refractivity contribution in [3.8, 4) is 0 Å². The normalized spacial score (nSPS) is 24.9. The van der Waals surface area contributed by atoms with E-state index < -0.39 is 6.10 Å². The van der Waals surface area contributed by atoms with E-state index >= 15 is 0 Å². The number of rotatable bonds is 6. The summed E-state index contributed by atoms with van der Waals surface area (Å²) in [5.41, 5.74) is 7.44. The summed E-state index contributed by atoms with van der Waals surface area (Å²) in [6.45, 7) is 0.650. The Hall–Kier alpha value is -2.66. The first kappa shape index (κ1) is 23.1. The number of fused-ring (bicyclic) bond motifs is 1. The van der Waals surface area contributed by atoms with Crippen molar-refractivity contribution in [1.82, 2.24) is 19.5 Å².